The highest BCUT2D eigenvalue weighted by Gasteiger charge is 2.15. The Kier molecular flexibility index (Phi) is 8.52. The summed E-state index contributed by atoms with van der Waals surface area (Å²) in [6.07, 6.45) is 11.2. The number of rotatable bonds is 8. The molecule has 6 aromatic carbocycles. The Bertz CT molecular complexity index is 2370. The summed E-state index contributed by atoms with van der Waals surface area (Å²) in [5.41, 5.74) is 21.4. The molecule has 1 aromatic heterocycles. The van der Waals surface area contributed by atoms with Crippen molar-refractivity contribution < 1.29 is 4.42 Å². The molecule has 0 saturated carbocycles. The second-order valence-corrected chi connectivity index (χ2v) is 13.7. The molecule has 1 aliphatic carbocycles. The van der Waals surface area contributed by atoms with E-state index in [9.17, 15) is 0 Å². The normalized spacial score (nSPS) is 14.0. The second-order valence-electron chi connectivity index (χ2n) is 13.7. The van der Waals surface area contributed by atoms with Gasteiger partial charge in [0.15, 0.2) is 0 Å². The Morgan fingerprint density at radius 1 is 0.580 bits per heavy atom. The molecule has 0 spiro atoms. The third-order valence-electron chi connectivity index (χ3n) is 10.1. The van der Waals surface area contributed by atoms with Gasteiger partial charge in [-0.15, -0.1) is 0 Å². The summed E-state index contributed by atoms with van der Waals surface area (Å²) in [7, 11) is 0. The van der Waals surface area contributed by atoms with E-state index in [4.69, 9.17) is 10.2 Å². The molecule has 2 N–H and O–H groups in total. The van der Waals surface area contributed by atoms with E-state index in [1.807, 2.05) is 12.1 Å². The summed E-state index contributed by atoms with van der Waals surface area (Å²) < 4.78 is 6.02. The SMILES string of the molecule is CC(C)C(/C=C(\N)c1ccc(C2=CCCC=C2)cc1)c1ccc(-c2ccc(-c3ccc(-c4ccc5oc6ccccc6c5c4)cc3)cc2)cc1. The third-order valence-corrected chi connectivity index (χ3v) is 10.1. The van der Waals surface area contributed by atoms with Gasteiger partial charge in [-0.3, -0.25) is 0 Å². The lowest BCUT2D eigenvalue weighted by molar-refractivity contribution is 0.578. The molecule has 2 nitrogen and oxygen atoms in total. The number of hydrogen-bond donors (Lipinski definition) is 1. The summed E-state index contributed by atoms with van der Waals surface area (Å²) in [4.78, 5) is 0. The van der Waals surface area contributed by atoms with Gasteiger partial charge in [-0.05, 0) is 92.6 Å². The van der Waals surface area contributed by atoms with E-state index < -0.39 is 0 Å². The highest BCUT2D eigenvalue weighted by atomic mass is 16.3. The van der Waals surface area contributed by atoms with E-state index >= 15 is 0 Å². The van der Waals surface area contributed by atoms with E-state index in [0.717, 1.165) is 46.0 Å². The van der Waals surface area contributed by atoms with Crippen LogP contribution in [0.1, 0.15) is 49.3 Å². The van der Waals surface area contributed by atoms with Gasteiger partial charge in [0.2, 0.25) is 0 Å². The number of benzene rings is 6. The van der Waals surface area contributed by atoms with Crippen LogP contribution >= 0.6 is 0 Å². The van der Waals surface area contributed by atoms with Crippen molar-refractivity contribution in [3.05, 3.63) is 181 Å². The molecule has 0 aliphatic heterocycles. The minimum absolute atomic E-state index is 0.221. The summed E-state index contributed by atoms with van der Waals surface area (Å²) in [5.74, 6) is 0.634. The van der Waals surface area contributed by atoms with Crippen LogP contribution in [0.5, 0.6) is 0 Å². The van der Waals surface area contributed by atoms with Crippen molar-refractivity contribution in [1.29, 1.82) is 0 Å². The first-order valence-corrected chi connectivity index (χ1v) is 17.7. The van der Waals surface area contributed by atoms with Crippen LogP contribution in [0.4, 0.5) is 0 Å². The summed E-state index contributed by atoms with van der Waals surface area (Å²) in [5, 5.41) is 2.30. The fourth-order valence-electron chi connectivity index (χ4n) is 7.16. The fourth-order valence-corrected chi connectivity index (χ4v) is 7.16. The van der Waals surface area contributed by atoms with Crippen LogP contribution in [0, 0.1) is 5.92 Å². The van der Waals surface area contributed by atoms with Crippen LogP contribution in [0.3, 0.4) is 0 Å². The first-order valence-electron chi connectivity index (χ1n) is 17.7. The number of fused-ring (bicyclic) bond motifs is 3. The fraction of sp³-hybridized carbons (Fsp3) is 0.125. The zero-order valence-electron chi connectivity index (χ0n) is 28.6. The van der Waals surface area contributed by atoms with Gasteiger partial charge < -0.3 is 10.2 Å². The molecule has 1 heterocycles. The Morgan fingerprint density at radius 3 is 1.72 bits per heavy atom. The van der Waals surface area contributed by atoms with Gasteiger partial charge in [0, 0.05) is 22.4 Å². The van der Waals surface area contributed by atoms with Crippen LogP contribution in [0.2, 0.25) is 0 Å². The summed E-state index contributed by atoms with van der Waals surface area (Å²) in [6, 6.07) is 50.0. The van der Waals surface area contributed by atoms with Crippen LogP contribution in [-0.4, -0.2) is 0 Å². The monoisotopic (exact) mass is 647 g/mol. The largest absolute Gasteiger partial charge is 0.456 e. The van der Waals surface area contributed by atoms with E-state index in [0.29, 0.717) is 5.92 Å². The average Bonchev–Trinajstić information content (AvgIpc) is 3.55. The molecule has 0 fully saturated rings. The van der Waals surface area contributed by atoms with Gasteiger partial charge in [-0.2, -0.15) is 0 Å². The molecule has 1 aliphatic rings. The predicted molar refractivity (Wildman–Crippen MR) is 213 cm³/mol. The first-order chi connectivity index (χ1) is 24.5. The maximum atomic E-state index is 6.68. The van der Waals surface area contributed by atoms with E-state index in [2.05, 4.69) is 166 Å². The van der Waals surface area contributed by atoms with Crippen molar-refractivity contribution in [2.45, 2.75) is 32.6 Å². The van der Waals surface area contributed by atoms with Crippen molar-refractivity contribution in [2.24, 2.45) is 11.7 Å². The zero-order chi connectivity index (χ0) is 34.0. The minimum Gasteiger partial charge on any atom is -0.456 e. The van der Waals surface area contributed by atoms with E-state index in [1.54, 1.807) is 0 Å². The van der Waals surface area contributed by atoms with E-state index in [1.165, 1.54) is 50.1 Å². The van der Waals surface area contributed by atoms with Crippen LogP contribution in [0.25, 0.3) is 66.6 Å². The third kappa shape index (κ3) is 6.33. The number of allylic oxidation sites excluding steroid dienone is 5. The molecule has 0 saturated heterocycles. The van der Waals surface area contributed by atoms with Crippen molar-refractivity contribution in [2.75, 3.05) is 0 Å². The molecule has 0 bridgehead atoms. The van der Waals surface area contributed by atoms with Gasteiger partial charge >= 0.3 is 0 Å². The predicted octanol–water partition coefficient (Wildman–Crippen LogP) is 13.1. The molecule has 1 atom stereocenters. The minimum atomic E-state index is 0.221. The van der Waals surface area contributed by atoms with Gasteiger partial charge in [0.25, 0.3) is 0 Å². The maximum Gasteiger partial charge on any atom is 0.135 e. The molecule has 8 rings (SSSR count). The maximum absolute atomic E-state index is 6.68. The van der Waals surface area contributed by atoms with Crippen LogP contribution < -0.4 is 5.73 Å². The molecule has 7 aromatic rings. The van der Waals surface area contributed by atoms with Crippen LogP contribution in [0.15, 0.2) is 168 Å². The lowest BCUT2D eigenvalue weighted by Gasteiger charge is -2.19. The standard InChI is InChI=1S/C48H41NO/c1-32(2)44(31-46(49)41-26-22-34(23-27-41)33-8-4-3-5-9-33)40-24-20-38(21-25-40)36-14-12-35(13-15-36)37-16-18-39(19-17-37)42-28-29-48-45(30-42)43-10-6-7-11-47(43)50-48/h4,6-32,44H,3,5,49H2,1-2H3/b46-31-. The molecule has 244 valence electrons. The summed E-state index contributed by atoms with van der Waals surface area (Å²) >= 11 is 0. The van der Waals surface area contributed by atoms with Gasteiger partial charge in [-0.1, -0.05) is 159 Å². The Labute approximate surface area is 294 Å². The Balaban J connectivity index is 0.964. The lowest BCUT2D eigenvalue weighted by Crippen LogP contribution is -2.07. The average molecular weight is 648 g/mol. The van der Waals surface area contributed by atoms with Crippen molar-refractivity contribution in [3.63, 3.8) is 0 Å². The highest BCUT2D eigenvalue weighted by molar-refractivity contribution is 6.06. The molecular weight excluding hydrogens is 607 g/mol. The van der Waals surface area contributed by atoms with Gasteiger partial charge in [0.05, 0.1) is 0 Å². The molecule has 50 heavy (non-hydrogen) atoms. The molecule has 0 radical (unpaired) electrons. The molecule has 0 amide bonds. The molecule has 2 heteroatoms. The number of furan rings is 1. The zero-order valence-corrected chi connectivity index (χ0v) is 28.6. The number of para-hydroxylation sites is 1. The number of hydrogen-bond acceptors (Lipinski definition) is 2. The molecular formula is C48H41NO. The summed E-state index contributed by atoms with van der Waals surface area (Å²) in [6.45, 7) is 4.52. The van der Waals surface area contributed by atoms with Gasteiger partial charge in [0.1, 0.15) is 11.2 Å². The topological polar surface area (TPSA) is 39.2 Å². The van der Waals surface area contributed by atoms with Gasteiger partial charge in [-0.25, -0.2) is 0 Å². The first kappa shape index (κ1) is 31.4. The quantitative estimate of drug-likeness (QED) is 0.178. The van der Waals surface area contributed by atoms with Crippen LogP contribution in [-0.2, 0) is 0 Å². The van der Waals surface area contributed by atoms with Crippen molar-refractivity contribution in [1.82, 2.24) is 0 Å². The number of nitrogens with two attached hydrogens (primary N) is 1. The molecule has 1 unspecified atom stereocenters. The smallest absolute Gasteiger partial charge is 0.135 e. The Morgan fingerprint density at radius 2 is 1.12 bits per heavy atom. The van der Waals surface area contributed by atoms with Crippen molar-refractivity contribution in [3.8, 4) is 33.4 Å². The second kappa shape index (κ2) is 13.6. The Hall–Kier alpha value is -5.86. The lowest BCUT2D eigenvalue weighted by atomic mass is 9.86. The van der Waals surface area contributed by atoms with E-state index in [-0.39, 0.29) is 5.92 Å². The highest BCUT2D eigenvalue weighted by Crippen LogP contribution is 2.35. The van der Waals surface area contributed by atoms with Crippen molar-refractivity contribution >= 4 is 33.2 Å².